The lowest BCUT2D eigenvalue weighted by Crippen LogP contribution is -2.12. The Bertz CT molecular complexity index is 554. The van der Waals surface area contributed by atoms with Crippen molar-refractivity contribution in [1.29, 1.82) is 0 Å². The minimum absolute atomic E-state index is 0.0800. The number of hydrogen-bond acceptors (Lipinski definition) is 4. The Kier molecular flexibility index (Phi) is 3.00. The van der Waals surface area contributed by atoms with Crippen molar-refractivity contribution in [2.45, 2.75) is 11.3 Å². The summed E-state index contributed by atoms with van der Waals surface area (Å²) in [6, 6.07) is 3.42. The highest BCUT2D eigenvalue weighted by molar-refractivity contribution is 7.80. The summed E-state index contributed by atoms with van der Waals surface area (Å²) in [6.07, 6.45) is -4.55. The lowest BCUT2D eigenvalue weighted by molar-refractivity contribution is -0.137. The number of aromatic nitrogens is 4. The van der Waals surface area contributed by atoms with E-state index in [1.807, 2.05) is 0 Å². The van der Waals surface area contributed by atoms with Gasteiger partial charge in [-0.2, -0.15) is 17.9 Å². The second-order valence-electron chi connectivity index (χ2n) is 3.02. The van der Waals surface area contributed by atoms with E-state index < -0.39 is 11.7 Å². The van der Waals surface area contributed by atoms with Crippen LogP contribution in [0.1, 0.15) is 5.56 Å². The van der Waals surface area contributed by atoms with Gasteiger partial charge in [-0.05, 0) is 22.6 Å². The Labute approximate surface area is 104 Å². The Balaban J connectivity index is 2.73. The van der Waals surface area contributed by atoms with E-state index in [0.717, 1.165) is 10.7 Å². The third kappa shape index (κ3) is 2.22. The van der Waals surface area contributed by atoms with E-state index in [0.29, 0.717) is 0 Å². The van der Waals surface area contributed by atoms with Crippen LogP contribution in [0.3, 0.4) is 0 Å². The topological polar surface area (TPSA) is 43.6 Å². The summed E-state index contributed by atoms with van der Waals surface area (Å²) in [5.74, 6) is 0. The molecule has 2 rings (SSSR count). The third-order valence-corrected chi connectivity index (χ3v) is 2.54. The van der Waals surface area contributed by atoms with Crippen LogP contribution in [0.5, 0.6) is 0 Å². The number of halogens is 4. The van der Waals surface area contributed by atoms with Gasteiger partial charge in [0.1, 0.15) is 5.69 Å². The molecule has 0 aliphatic carbocycles. The molecule has 2 aromatic rings. The Morgan fingerprint density at radius 3 is 2.53 bits per heavy atom. The number of para-hydroxylation sites is 1. The smallest absolute Gasteiger partial charge is 0.186 e. The van der Waals surface area contributed by atoms with E-state index in [2.05, 4.69) is 28.2 Å². The van der Waals surface area contributed by atoms with E-state index in [1.165, 1.54) is 12.1 Å². The second-order valence-corrected chi connectivity index (χ2v) is 3.83. The maximum absolute atomic E-state index is 12.8. The Morgan fingerprint density at radius 1 is 1.29 bits per heavy atom. The quantitative estimate of drug-likeness (QED) is 0.817. The molecule has 0 atom stereocenters. The monoisotopic (exact) mass is 280 g/mol. The SMILES string of the molecule is FC(F)(F)c1cccc(Cl)c1-n1nnnc1S. The van der Waals surface area contributed by atoms with Gasteiger partial charge in [0, 0.05) is 0 Å². The number of thiol groups is 1. The molecule has 0 saturated heterocycles. The molecular formula is C8H4ClF3N4S. The molecule has 17 heavy (non-hydrogen) atoms. The molecule has 0 saturated carbocycles. The molecule has 1 heterocycles. The maximum Gasteiger partial charge on any atom is 0.418 e. The molecule has 0 N–H and O–H groups in total. The summed E-state index contributed by atoms with van der Waals surface area (Å²) in [7, 11) is 0. The average Bonchev–Trinajstić information content (AvgIpc) is 2.62. The minimum atomic E-state index is -4.55. The average molecular weight is 281 g/mol. The van der Waals surface area contributed by atoms with Gasteiger partial charge in [0.05, 0.1) is 10.6 Å². The molecule has 0 spiro atoms. The summed E-state index contributed by atoms with van der Waals surface area (Å²) in [6.45, 7) is 0. The van der Waals surface area contributed by atoms with Crippen LogP contribution in [0, 0.1) is 0 Å². The largest absolute Gasteiger partial charge is 0.418 e. The Hall–Kier alpha value is -1.28. The van der Waals surface area contributed by atoms with E-state index in [1.54, 1.807) is 0 Å². The molecular weight excluding hydrogens is 277 g/mol. The van der Waals surface area contributed by atoms with Crippen molar-refractivity contribution in [3.8, 4) is 5.69 Å². The number of tetrazole rings is 1. The fourth-order valence-corrected chi connectivity index (χ4v) is 1.72. The van der Waals surface area contributed by atoms with Crippen LogP contribution >= 0.6 is 24.2 Å². The molecule has 0 aliphatic rings. The van der Waals surface area contributed by atoms with Crippen molar-refractivity contribution in [1.82, 2.24) is 20.2 Å². The van der Waals surface area contributed by atoms with Gasteiger partial charge in [0.15, 0.2) is 0 Å². The fraction of sp³-hybridized carbons (Fsp3) is 0.125. The summed E-state index contributed by atoms with van der Waals surface area (Å²) >= 11 is 9.60. The highest BCUT2D eigenvalue weighted by atomic mass is 35.5. The first-order valence-electron chi connectivity index (χ1n) is 4.24. The first-order chi connectivity index (χ1) is 7.91. The van der Waals surface area contributed by atoms with Crippen LogP contribution in [-0.4, -0.2) is 20.2 Å². The summed E-state index contributed by atoms with van der Waals surface area (Å²) in [5.41, 5.74) is -1.26. The molecule has 0 radical (unpaired) electrons. The van der Waals surface area contributed by atoms with Crippen molar-refractivity contribution in [2.75, 3.05) is 0 Å². The van der Waals surface area contributed by atoms with Gasteiger partial charge >= 0.3 is 6.18 Å². The first kappa shape index (κ1) is 12.2. The van der Waals surface area contributed by atoms with E-state index >= 15 is 0 Å². The van der Waals surface area contributed by atoms with Crippen molar-refractivity contribution < 1.29 is 13.2 Å². The molecule has 0 amide bonds. The summed E-state index contributed by atoms with van der Waals surface area (Å²) in [4.78, 5) is 0. The number of nitrogens with zero attached hydrogens (tertiary/aromatic N) is 4. The zero-order valence-corrected chi connectivity index (χ0v) is 9.63. The van der Waals surface area contributed by atoms with Gasteiger partial charge in [0.25, 0.3) is 0 Å². The molecule has 0 bridgehead atoms. The molecule has 0 aliphatic heterocycles. The van der Waals surface area contributed by atoms with Crippen LogP contribution in [0.25, 0.3) is 5.69 Å². The standard InChI is InChI=1S/C8H4ClF3N4S/c9-5-3-1-2-4(8(10,11)12)6(5)16-7(17)13-14-15-16/h1-3H,(H,13,15,17). The third-order valence-electron chi connectivity index (χ3n) is 1.96. The summed E-state index contributed by atoms with van der Waals surface area (Å²) < 4.78 is 39.2. The molecule has 1 aromatic heterocycles. The van der Waals surface area contributed by atoms with Crippen LogP contribution in [-0.2, 0) is 6.18 Å². The van der Waals surface area contributed by atoms with Crippen LogP contribution in [0.4, 0.5) is 13.2 Å². The predicted molar refractivity (Wildman–Crippen MR) is 56.4 cm³/mol. The maximum atomic E-state index is 12.8. The zero-order chi connectivity index (χ0) is 12.6. The normalized spacial score (nSPS) is 11.8. The lowest BCUT2D eigenvalue weighted by Gasteiger charge is -2.13. The molecule has 0 unspecified atom stereocenters. The van der Waals surface area contributed by atoms with Crippen molar-refractivity contribution in [3.05, 3.63) is 28.8 Å². The number of benzene rings is 1. The van der Waals surface area contributed by atoms with Crippen molar-refractivity contribution >= 4 is 24.2 Å². The molecule has 0 fully saturated rings. The molecule has 90 valence electrons. The highest BCUT2D eigenvalue weighted by Gasteiger charge is 2.35. The van der Waals surface area contributed by atoms with Gasteiger partial charge in [-0.15, -0.1) is 17.7 Å². The van der Waals surface area contributed by atoms with E-state index in [4.69, 9.17) is 11.6 Å². The van der Waals surface area contributed by atoms with Crippen molar-refractivity contribution in [2.24, 2.45) is 0 Å². The van der Waals surface area contributed by atoms with Crippen LogP contribution in [0.2, 0.25) is 5.02 Å². The molecule has 4 nitrogen and oxygen atoms in total. The number of hydrogen-bond donors (Lipinski definition) is 1. The number of rotatable bonds is 1. The number of alkyl halides is 3. The van der Waals surface area contributed by atoms with Crippen molar-refractivity contribution in [3.63, 3.8) is 0 Å². The molecule has 1 aromatic carbocycles. The van der Waals surface area contributed by atoms with Crippen LogP contribution in [0.15, 0.2) is 23.4 Å². The lowest BCUT2D eigenvalue weighted by atomic mass is 10.1. The molecule has 9 heteroatoms. The van der Waals surface area contributed by atoms with Gasteiger partial charge in [-0.25, -0.2) is 0 Å². The zero-order valence-electron chi connectivity index (χ0n) is 7.98. The fourth-order valence-electron chi connectivity index (χ4n) is 1.29. The van der Waals surface area contributed by atoms with E-state index in [-0.39, 0.29) is 15.9 Å². The first-order valence-corrected chi connectivity index (χ1v) is 5.07. The van der Waals surface area contributed by atoms with E-state index in [9.17, 15) is 13.2 Å². The van der Waals surface area contributed by atoms with Gasteiger partial charge in [-0.1, -0.05) is 17.7 Å². The van der Waals surface area contributed by atoms with Gasteiger partial charge < -0.3 is 0 Å². The summed E-state index contributed by atoms with van der Waals surface area (Å²) in [5, 5.41) is 9.85. The minimum Gasteiger partial charge on any atom is -0.186 e. The van der Waals surface area contributed by atoms with Crippen LogP contribution < -0.4 is 0 Å². The Morgan fingerprint density at radius 2 is 2.00 bits per heavy atom. The predicted octanol–water partition coefficient (Wildman–Crippen LogP) is 2.62. The van der Waals surface area contributed by atoms with Gasteiger partial charge in [0.2, 0.25) is 5.16 Å². The van der Waals surface area contributed by atoms with Gasteiger partial charge in [-0.3, -0.25) is 0 Å². The highest BCUT2D eigenvalue weighted by Crippen LogP contribution is 2.37. The second kappa shape index (κ2) is 4.19.